The number of amides is 1. The Kier molecular flexibility index (Phi) is 28.9. The highest BCUT2D eigenvalue weighted by Gasteiger charge is 2.44. The van der Waals surface area contributed by atoms with Gasteiger partial charge < -0.3 is 50.5 Å². The van der Waals surface area contributed by atoms with Crippen molar-refractivity contribution in [3.8, 4) is 0 Å². The molecule has 0 aromatic carbocycles. The number of hydrogen-bond donors (Lipinski definition) is 8. The van der Waals surface area contributed by atoms with Crippen molar-refractivity contribution >= 4 is 5.91 Å². The largest absolute Gasteiger partial charge is 0.394 e. The first-order valence-corrected chi connectivity index (χ1v) is 20.2. The molecule has 300 valence electrons. The van der Waals surface area contributed by atoms with Gasteiger partial charge in [-0.05, 0) is 44.9 Å². The van der Waals surface area contributed by atoms with Crippen molar-refractivity contribution in [3.05, 3.63) is 24.3 Å². The third kappa shape index (κ3) is 21.8. The van der Waals surface area contributed by atoms with E-state index in [-0.39, 0.29) is 12.8 Å². The molecular weight excluding hydrogens is 654 g/mol. The number of carbonyl (C=O) groups excluding carboxylic acids is 1. The number of ether oxygens (including phenoxy) is 2. The van der Waals surface area contributed by atoms with Gasteiger partial charge in [0.05, 0.1) is 25.4 Å². The zero-order chi connectivity index (χ0) is 37.7. The van der Waals surface area contributed by atoms with Crippen LogP contribution in [0.3, 0.4) is 0 Å². The summed E-state index contributed by atoms with van der Waals surface area (Å²) in [6.07, 6.45) is 19.6. The number of aliphatic hydroxyl groups is 7. The zero-order valence-corrected chi connectivity index (χ0v) is 31.8. The number of rotatable bonds is 32. The molecule has 0 radical (unpaired) electrons. The van der Waals surface area contributed by atoms with Crippen LogP contribution < -0.4 is 5.32 Å². The van der Waals surface area contributed by atoms with Gasteiger partial charge in [0.15, 0.2) is 6.29 Å². The molecule has 1 heterocycles. The van der Waals surface area contributed by atoms with Crippen molar-refractivity contribution in [3.63, 3.8) is 0 Å². The van der Waals surface area contributed by atoms with Crippen LogP contribution in [0.1, 0.15) is 155 Å². The summed E-state index contributed by atoms with van der Waals surface area (Å²) < 4.78 is 11.0. The Labute approximate surface area is 308 Å². The van der Waals surface area contributed by atoms with E-state index in [1.54, 1.807) is 0 Å². The second kappa shape index (κ2) is 31.0. The maximum Gasteiger partial charge on any atom is 0.249 e. The number of aliphatic hydroxyl groups excluding tert-OH is 7. The van der Waals surface area contributed by atoms with E-state index in [1.807, 2.05) is 6.08 Å². The standard InChI is InChI=1S/C40H75NO10/c1-3-5-7-9-11-13-15-16-17-18-20-22-24-26-28-33(44)39(49)41-31(30-50-40-38(48)37(47)36(46)34(29-42)51-40)35(45)32(43)27-25-23-21-19-14-12-10-8-6-4-2/h8,10,19,21,31-38,40,42-48H,3-7,9,11-18,20,22-30H2,1-2H3,(H,41,49)/b10-8+,21-19+. The molecule has 9 atom stereocenters. The number of allylic oxidation sites excluding steroid dienone is 4. The van der Waals surface area contributed by atoms with E-state index < -0.39 is 74.2 Å². The van der Waals surface area contributed by atoms with E-state index in [0.29, 0.717) is 19.3 Å². The van der Waals surface area contributed by atoms with E-state index in [4.69, 9.17) is 9.47 Å². The molecule has 0 aromatic rings. The van der Waals surface area contributed by atoms with Crippen molar-refractivity contribution in [1.82, 2.24) is 5.32 Å². The molecule has 1 saturated heterocycles. The molecule has 1 amide bonds. The Morgan fingerprint density at radius 3 is 1.75 bits per heavy atom. The minimum Gasteiger partial charge on any atom is -0.394 e. The number of hydrogen-bond acceptors (Lipinski definition) is 10. The van der Waals surface area contributed by atoms with E-state index >= 15 is 0 Å². The summed E-state index contributed by atoms with van der Waals surface area (Å²) in [4.78, 5) is 13.0. The molecule has 0 spiro atoms. The lowest BCUT2D eigenvalue weighted by atomic mass is 9.98. The number of carbonyl (C=O) groups is 1. The van der Waals surface area contributed by atoms with Crippen LogP contribution >= 0.6 is 0 Å². The topological polar surface area (TPSA) is 189 Å². The Hall–Kier alpha value is -1.41. The van der Waals surface area contributed by atoms with Gasteiger partial charge in [-0.2, -0.15) is 0 Å². The molecule has 0 saturated carbocycles. The minimum absolute atomic E-state index is 0.246. The summed E-state index contributed by atoms with van der Waals surface area (Å²) in [6.45, 7) is 3.31. The first-order valence-electron chi connectivity index (χ1n) is 20.2. The van der Waals surface area contributed by atoms with Gasteiger partial charge in [0.2, 0.25) is 5.91 Å². The number of nitrogens with one attached hydrogen (secondary N) is 1. The molecule has 1 fully saturated rings. The molecule has 8 N–H and O–H groups in total. The fourth-order valence-corrected chi connectivity index (χ4v) is 6.29. The van der Waals surface area contributed by atoms with Crippen molar-refractivity contribution in [1.29, 1.82) is 0 Å². The second-order valence-corrected chi connectivity index (χ2v) is 14.3. The fraction of sp³-hybridized carbons (Fsp3) is 0.875. The predicted octanol–water partition coefficient (Wildman–Crippen LogP) is 5.10. The van der Waals surface area contributed by atoms with Crippen LogP contribution in [0.15, 0.2) is 24.3 Å². The maximum atomic E-state index is 13.0. The molecule has 0 aromatic heterocycles. The molecule has 0 bridgehead atoms. The van der Waals surface area contributed by atoms with E-state index in [9.17, 15) is 40.5 Å². The Balaban J connectivity index is 2.55. The molecule has 0 aliphatic carbocycles. The molecule has 1 aliphatic heterocycles. The second-order valence-electron chi connectivity index (χ2n) is 14.3. The molecule has 9 unspecified atom stereocenters. The monoisotopic (exact) mass is 730 g/mol. The highest BCUT2D eigenvalue weighted by Crippen LogP contribution is 2.23. The Bertz CT molecular complexity index is 887. The fourth-order valence-electron chi connectivity index (χ4n) is 6.29. The van der Waals surface area contributed by atoms with Gasteiger partial charge in [-0.1, -0.05) is 134 Å². The van der Waals surface area contributed by atoms with Crippen LogP contribution in [-0.2, 0) is 14.3 Å². The van der Waals surface area contributed by atoms with Gasteiger partial charge in [-0.3, -0.25) is 4.79 Å². The summed E-state index contributed by atoms with van der Waals surface area (Å²) >= 11 is 0. The van der Waals surface area contributed by atoms with Crippen molar-refractivity contribution in [2.24, 2.45) is 0 Å². The molecule has 51 heavy (non-hydrogen) atoms. The molecule has 1 aliphatic rings. The smallest absolute Gasteiger partial charge is 0.249 e. The SMILES string of the molecule is CCC/C=C/CC/C=C/CCCC(O)C(O)C(COC1OC(CO)C(O)C(O)C1O)NC(=O)C(O)CCCCCCCCCCCCCCCC. The lowest BCUT2D eigenvalue weighted by molar-refractivity contribution is -0.303. The first-order chi connectivity index (χ1) is 24.7. The van der Waals surface area contributed by atoms with Gasteiger partial charge in [0.1, 0.15) is 36.6 Å². The third-order valence-corrected chi connectivity index (χ3v) is 9.72. The molecule has 11 nitrogen and oxygen atoms in total. The summed E-state index contributed by atoms with van der Waals surface area (Å²) in [5.41, 5.74) is 0. The first kappa shape index (κ1) is 47.6. The molecule has 1 rings (SSSR count). The summed E-state index contributed by atoms with van der Waals surface area (Å²) in [5, 5.41) is 75.1. The van der Waals surface area contributed by atoms with Crippen LogP contribution in [0, 0.1) is 0 Å². The summed E-state index contributed by atoms with van der Waals surface area (Å²) in [5.74, 6) is -0.714. The normalized spacial score (nSPS) is 23.5. The highest BCUT2D eigenvalue weighted by atomic mass is 16.7. The van der Waals surface area contributed by atoms with Crippen LogP contribution in [0.25, 0.3) is 0 Å². The van der Waals surface area contributed by atoms with Crippen molar-refractivity contribution in [2.45, 2.75) is 210 Å². The Morgan fingerprint density at radius 1 is 0.667 bits per heavy atom. The van der Waals surface area contributed by atoms with E-state index in [2.05, 4.69) is 37.4 Å². The van der Waals surface area contributed by atoms with E-state index in [1.165, 1.54) is 64.2 Å². The van der Waals surface area contributed by atoms with Crippen LogP contribution in [0.5, 0.6) is 0 Å². The van der Waals surface area contributed by atoms with Gasteiger partial charge in [-0.25, -0.2) is 0 Å². The Morgan fingerprint density at radius 2 is 1.20 bits per heavy atom. The predicted molar refractivity (Wildman–Crippen MR) is 201 cm³/mol. The van der Waals surface area contributed by atoms with Gasteiger partial charge >= 0.3 is 0 Å². The lowest BCUT2D eigenvalue weighted by Crippen LogP contribution is -2.60. The number of unbranched alkanes of at least 4 members (excludes halogenated alkanes) is 16. The van der Waals surface area contributed by atoms with Crippen LogP contribution in [0.4, 0.5) is 0 Å². The van der Waals surface area contributed by atoms with Gasteiger partial charge in [0.25, 0.3) is 0 Å². The minimum atomic E-state index is -1.67. The quantitative estimate of drug-likeness (QED) is 0.0342. The summed E-state index contributed by atoms with van der Waals surface area (Å²) in [7, 11) is 0. The van der Waals surface area contributed by atoms with Crippen molar-refractivity contribution in [2.75, 3.05) is 13.2 Å². The third-order valence-electron chi connectivity index (χ3n) is 9.72. The zero-order valence-electron chi connectivity index (χ0n) is 31.8. The van der Waals surface area contributed by atoms with Gasteiger partial charge in [-0.15, -0.1) is 0 Å². The summed E-state index contributed by atoms with van der Waals surface area (Å²) in [6, 6.07) is -1.18. The van der Waals surface area contributed by atoms with Crippen molar-refractivity contribution < 1.29 is 50.0 Å². The average Bonchev–Trinajstić information content (AvgIpc) is 3.13. The van der Waals surface area contributed by atoms with Gasteiger partial charge in [0, 0.05) is 0 Å². The van der Waals surface area contributed by atoms with Crippen LogP contribution in [0.2, 0.25) is 0 Å². The van der Waals surface area contributed by atoms with E-state index in [0.717, 1.165) is 44.9 Å². The maximum absolute atomic E-state index is 13.0. The highest BCUT2D eigenvalue weighted by molar-refractivity contribution is 5.80. The molecular formula is C40H75NO10. The molecule has 11 heteroatoms. The lowest BCUT2D eigenvalue weighted by Gasteiger charge is -2.40. The van der Waals surface area contributed by atoms with Crippen LogP contribution in [-0.4, -0.2) is 110 Å². The average molecular weight is 730 g/mol.